The quantitative estimate of drug-likeness (QED) is 0.121. The molecule has 4 rings (SSSR count). The molecule has 1 unspecified atom stereocenters. The molecule has 0 aliphatic rings. The largest absolute Gasteiger partial charge is 0.496 e. The van der Waals surface area contributed by atoms with E-state index in [2.05, 4.69) is 16.0 Å². The van der Waals surface area contributed by atoms with Crippen molar-refractivity contribution in [1.29, 1.82) is 0 Å². The molecule has 0 saturated heterocycles. The van der Waals surface area contributed by atoms with Crippen molar-refractivity contribution in [2.24, 2.45) is 5.14 Å². The Morgan fingerprint density at radius 3 is 2.22 bits per heavy atom. The molecule has 12 heteroatoms. The normalized spacial score (nSPS) is 12.1. The number of carbonyl (C=O) groups excluding carboxylic acids is 3. The first-order valence-corrected chi connectivity index (χ1v) is 16.2. The van der Waals surface area contributed by atoms with E-state index in [0.717, 1.165) is 4.90 Å². The molecular formula is C33H32N4O6S2. The summed E-state index contributed by atoms with van der Waals surface area (Å²) in [5.74, 6) is -0.752. The van der Waals surface area contributed by atoms with Gasteiger partial charge >= 0.3 is 0 Å². The Morgan fingerprint density at radius 2 is 1.56 bits per heavy atom. The molecule has 0 fully saturated rings. The number of sulfonamides is 1. The van der Waals surface area contributed by atoms with E-state index in [1.54, 1.807) is 78.9 Å². The molecule has 45 heavy (non-hydrogen) atoms. The SMILES string of the molecule is CCC(Sc1cccc(NC(=O)/C(=C\c2ccccc2OC)NC(=O)c2ccccc2)c1)C(=O)Nc1ccc(S(N)(=O)=O)cc1. The number of methoxy groups -OCH3 is 1. The lowest BCUT2D eigenvalue weighted by molar-refractivity contribution is -0.116. The van der Waals surface area contributed by atoms with E-state index in [1.807, 2.05) is 13.0 Å². The second kappa shape index (κ2) is 15.2. The number of hydrogen-bond donors (Lipinski definition) is 4. The number of rotatable bonds is 12. The number of hydrogen-bond acceptors (Lipinski definition) is 7. The van der Waals surface area contributed by atoms with E-state index in [1.165, 1.54) is 43.1 Å². The number of para-hydroxylation sites is 1. The molecule has 232 valence electrons. The lowest BCUT2D eigenvalue weighted by atomic mass is 10.1. The third kappa shape index (κ3) is 9.29. The summed E-state index contributed by atoms with van der Waals surface area (Å²) in [4.78, 5) is 40.2. The van der Waals surface area contributed by atoms with Crippen molar-refractivity contribution < 1.29 is 27.5 Å². The van der Waals surface area contributed by atoms with E-state index in [-0.39, 0.29) is 16.5 Å². The van der Waals surface area contributed by atoms with Gasteiger partial charge in [0.25, 0.3) is 11.8 Å². The summed E-state index contributed by atoms with van der Waals surface area (Å²) in [7, 11) is -2.32. The number of nitrogens with one attached hydrogen (secondary N) is 3. The number of anilines is 2. The Kier molecular flexibility index (Phi) is 11.1. The van der Waals surface area contributed by atoms with E-state index in [0.29, 0.717) is 34.7 Å². The summed E-state index contributed by atoms with van der Waals surface area (Å²) >= 11 is 1.31. The second-order valence-corrected chi connectivity index (χ2v) is 12.5. The van der Waals surface area contributed by atoms with Crippen LogP contribution in [-0.2, 0) is 19.6 Å². The van der Waals surface area contributed by atoms with Crippen LogP contribution in [-0.4, -0.2) is 38.5 Å². The molecule has 5 N–H and O–H groups in total. The highest BCUT2D eigenvalue weighted by atomic mass is 32.2. The van der Waals surface area contributed by atoms with Crippen LogP contribution in [0.5, 0.6) is 5.75 Å². The van der Waals surface area contributed by atoms with Crippen LogP contribution < -0.4 is 25.8 Å². The van der Waals surface area contributed by atoms with Gasteiger partial charge in [0, 0.05) is 27.4 Å². The van der Waals surface area contributed by atoms with E-state index < -0.39 is 27.1 Å². The fourth-order valence-corrected chi connectivity index (χ4v) is 5.70. The Morgan fingerprint density at radius 1 is 0.867 bits per heavy atom. The molecular weight excluding hydrogens is 613 g/mol. The van der Waals surface area contributed by atoms with E-state index >= 15 is 0 Å². The summed E-state index contributed by atoms with van der Waals surface area (Å²) in [6.45, 7) is 1.87. The average Bonchev–Trinajstić information content (AvgIpc) is 3.03. The van der Waals surface area contributed by atoms with Crippen molar-refractivity contribution >= 4 is 57.0 Å². The first kappa shape index (κ1) is 33.0. The van der Waals surface area contributed by atoms with Crippen LogP contribution in [0.1, 0.15) is 29.3 Å². The van der Waals surface area contributed by atoms with Crippen molar-refractivity contribution in [3.05, 3.63) is 120 Å². The molecule has 0 saturated carbocycles. The lowest BCUT2D eigenvalue weighted by Crippen LogP contribution is -2.30. The molecule has 0 aliphatic heterocycles. The first-order valence-electron chi connectivity index (χ1n) is 13.8. The van der Waals surface area contributed by atoms with Crippen molar-refractivity contribution in [2.45, 2.75) is 28.4 Å². The zero-order valence-electron chi connectivity index (χ0n) is 24.5. The van der Waals surface area contributed by atoms with Gasteiger partial charge < -0.3 is 20.7 Å². The van der Waals surface area contributed by atoms with Crippen molar-refractivity contribution in [3.63, 3.8) is 0 Å². The summed E-state index contributed by atoms with van der Waals surface area (Å²) < 4.78 is 28.4. The average molecular weight is 645 g/mol. The highest BCUT2D eigenvalue weighted by Crippen LogP contribution is 2.29. The molecule has 3 amide bonds. The zero-order chi connectivity index (χ0) is 32.4. The fourth-order valence-electron chi connectivity index (χ4n) is 4.17. The fraction of sp³-hybridized carbons (Fsp3) is 0.121. The summed E-state index contributed by atoms with van der Waals surface area (Å²) in [6, 6.07) is 28.3. The van der Waals surface area contributed by atoms with Crippen LogP contribution in [0.4, 0.5) is 11.4 Å². The molecule has 0 spiro atoms. The Labute approximate surface area is 266 Å². The number of primary sulfonamides is 1. The number of nitrogens with two attached hydrogens (primary N) is 1. The van der Waals surface area contributed by atoms with Gasteiger partial charge in [-0.05, 0) is 73.2 Å². The smallest absolute Gasteiger partial charge is 0.272 e. The minimum atomic E-state index is -3.84. The monoisotopic (exact) mass is 644 g/mol. The number of thioether (sulfide) groups is 1. The molecule has 1 atom stereocenters. The van der Waals surface area contributed by atoms with Crippen molar-refractivity contribution in [2.75, 3.05) is 17.7 Å². The number of benzene rings is 4. The molecule has 10 nitrogen and oxygen atoms in total. The lowest BCUT2D eigenvalue weighted by Gasteiger charge is -2.16. The topological polar surface area (TPSA) is 157 Å². The Bertz CT molecular complexity index is 1810. The standard InChI is InChI=1S/C33H32N4O6S2/c1-3-30(33(40)35-24-16-18-27(19-17-24)45(34,41)42)44-26-14-9-13-25(21-26)36-32(39)28(20-23-12-7-8-15-29(23)43-2)37-31(38)22-10-5-4-6-11-22/h4-21,30H,3H2,1-2H3,(H,35,40)(H,36,39)(H,37,38)(H2,34,41,42)/b28-20+. The molecule has 0 aromatic heterocycles. The van der Waals surface area contributed by atoms with Gasteiger partial charge in [-0.3, -0.25) is 14.4 Å². The number of ether oxygens (including phenoxy) is 1. The van der Waals surface area contributed by atoms with E-state index in [9.17, 15) is 22.8 Å². The number of amides is 3. The van der Waals surface area contributed by atoms with Crippen LogP contribution in [0, 0.1) is 0 Å². The number of carbonyl (C=O) groups is 3. The van der Waals surface area contributed by atoms with Crippen LogP contribution in [0.3, 0.4) is 0 Å². The maximum Gasteiger partial charge on any atom is 0.272 e. The van der Waals surface area contributed by atoms with Gasteiger partial charge in [0.1, 0.15) is 11.4 Å². The molecule has 4 aromatic carbocycles. The maximum absolute atomic E-state index is 13.5. The third-order valence-electron chi connectivity index (χ3n) is 6.45. The van der Waals surface area contributed by atoms with Crippen molar-refractivity contribution in [1.82, 2.24) is 5.32 Å². The molecule has 0 radical (unpaired) electrons. The Hall–Kier alpha value is -4.91. The molecule has 0 bridgehead atoms. The highest BCUT2D eigenvalue weighted by molar-refractivity contribution is 8.00. The van der Waals surface area contributed by atoms with Gasteiger partial charge in [-0.1, -0.05) is 49.4 Å². The van der Waals surface area contributed by atoms with Gasteiger partial charge in [0.05, 0.1) is 17.3 Å². The third-order valence-corrected chi connectivity index (χ3v) is 8.74. The van der Waals surface area contributed by atoms with Crippen LogP contribution in [0.25, 0.3) is 6.08 Å². The van der Waals surface area contributed by atoms with E-state index in [4.69, 9.17) is 9.88 Å². The van der Waals surface area contributed by atoms with Gasteiger partial charge in [0.15, 0.2) is 0 Å². The van der Waals surface area contributed by atoms with Crippen LogP contribution in [0.15, 0.2) is 119 Å². The van der Waals surface area contributed by atoms with Gasteiger partial charge in [0.2, 0.25) is 15.9 Å². The van der Waals surface area contributed by atoms with Gasteiger partial charge in [-0.15, -0.1) is 11.8 Å². The summed E-state index contributed by atoms with van der Waals surface area (Å²) in [5.41, 5.74) is 1.88. The highest BCUT2D eigenvalue weighted by Gasteiger charge is 2.20. The predicted molar refractivity (Wildman–Crippen MR) is 176 cm³/mol. The maximum atomic E-state index is 13.5. The van der Waals surface area contributed by atoms with Gasteiger partial charge in [-0.25, -0.2) is 13.6 Å². The van der Waals surface area contributed by atoms with Gasteiger partial charge in [-0.2, -0.15) is 0 Å². The predicted octanol–water partition coefficient (Wildman–Crippen LogP) is 5.26. The minimum absolute atomic E-state index is 0.00526. The minimum Gasteiger partial charge on any atom is -0.496 e. The molecule has 0 heterocycles. The van der Waals surface area contributed by atoms with Crippen LogP contribution >= 0.6 is 11.8 Å². The first-order chi connectivity index (χ1) is 21.6. The summed E-state index contributed by atoms with van der Waals surface area (Å²) in [6.07, 6.45) is 2.04. The molecule has 0 aliphatic carbocycles. The Balaban J connectivity index is 1.50. The molecule has 4 aromatic rings. The zero-order valence-corrected chi connectivity index (χ0v) is 26.2. The van der Waals surface area contributed by atoms with Crippen LogP contribution in [0.2, 0.25) is 0 Å². The summed E-state index contributed by atoms with van der Waals surface area (Å²) in [5, 5.41) is 13.0. The second-order valence-electron chi connectivity index (χ2n) is 9.68. The van der Waals surface area contributed by atoms with Crippen molar-refractivity contribution in [3.8, 4) is 5.75 Å².